The molecule has 0 saturated carbocycles. The molecule has 15 rings (SSSR count). The van der Waals surface area contributed by atoms with Crippen LogP contribution in [0.3, 0.4) is 0 Å². The molecule has 6 amide bonds. The molecule has 0 atom stereocenters. The van der Waals surface area contributed by atoms with Gasteiger partial charge >= 0.3 is 0 Å². The number of hydrogen-bond acceptors (Lipinski definition) is 16. The second-order valence-electron chi connectivity index (χ2n) is 26.5. The van der Waals surface area contributed by atoms with Crippen molar-refractivity contribution in [2.24, 2.45) is 0 Å². The van der Waals surface area contributed by atoms with Crippen molar-refractivity contribution < 1.29 is 28.8 Å². The topological polar surface area (TPSA) is 269 Å². The van der Waals surface area contributed by atoms with Crippen LogP contribution in [0.1, 0.15) is 59.8 Å². The number of aryl methyl sites for hydroxylation is 4. The average molecular weight is 1370 g/mol. The molecule has 102 heavy (non-hydrogen) atoms. The van der Waals surface area contributed by atoms with Gasteiger partial charge in [0.2, 0.25) is 0 Å². The Balaban J connectivity index is 0.000000137. The summed E-state index contributed by atoms with van der Waals surface area (Å²) in [7, 11) is 16.3. The number of para-hydroxylation sites is 6. The predicted octanol–water partition coefficient (Wildman–Crippen LogP) is 8.38. The molecule has 0 fully saturated rings. The minimum Gasteiger partial charge on any atom is -0.309 e. The van der Waals surface area contributed by atoms with Gasteiger partial charge in [-0.15, -0.1) is 6.58 Å². The standard InChI is InChI=1S/C28H33N7O2.C26H26N6O2.C23H22N6O2/c1-32(2)15-9-17-34-21-13-7-5-11-19(21)25(30-34)23-24(28(37)29-27(23)36)26-20-12-6-8-14-22(20)35(31-26)18-10-16-33(3)4;1-4-14-31-19-12-7-5-10-17(19)23(28-31)21-22(26(34)27-25(21)33)24-18-11-6-8-13-20(18)32(29-24)16-9-15-30(2)3;1-28(2)12-7-13-29-17-11-6-4-9-15(17)21(27-29)19-18(22(30)24-23(19)31)20-14-8-3-5-10-16(14)25-26-20/h5-8,11-14H,9-10,15-18H2,1-4H3,(H,29,36,37);4-8,10-13H,1,9,14-16H2,2-3H3,(H,27,33,34);3-6,8-11H,7,12-13H2,1-2H3,(H,25,26)(H,24,30,31). The van der Waals surface area contributed by atoms with Gasteiger partial charge in [-0.3, -0.25) is 73.2 Å². The number of imide groups is 3. The number of aromatic nitrogens is 12. The third kappa shape index (κ3) is 13.6. The quantitative estimate of drug-likeness (QED) is 0.0327. The molecule has 3 aliphatic rings. The van der Waals surface area contributed by atoms with Gasteiger partial charge in [-0.2, -0.15) is 30.6 Å². The van der Waals surface area contributed by atoms with E-state index in [1.165, 1.54) is 0 Å². The zero-order valence-corrected chi connectivity index (χ0v) is 58.5. The third-order valence-corrected chi connectivity index (χ3v) is 18.2. The largest absolute Gasteiger partial charge is 0.309 e. The summed E-state index contributed by atoms with van der Waals surface area (Å²) in [4.78, 5) is 86.9. The van der Waals surface area contributed by atoms with E-state index in [1.54, 1.807) is 10.8 Å². The lowest BCUT2D eigenvalue weighted by Gasteiger charge is -2.09. The lowest BCUT2D eigenvalue weighted by atomic mass is 9.99. The van der Waals surface area contributed by atoms with Crippen LogP contribution in [0, 0.1) is 0 Å². The SMILES string of the molecule is C=CCn1nc(C2=C(c3nn(CCCN(C)C)c4ccccc34)C(=O)NC2=O)c2ccccc21.CN(C)CCCn1nc(C2=C(c3n[nH]c4ccccc34)C(=O)NC2=O)c2ccccc21.CN(C)CCCn1nc(C2=C(c3nn(CCCN(C)C)c4ccccc34)C(=O)NC2=O)c2ccccc21. The first-order valence-electron chi connectivity index (χ1n) is 34.1. The zero-order valence-electron chi connectivity index (χ0n) is 58.5. The zero-order chi connectivity index (χ0) is 71.5. The maximum Gasteiger partial charge on any atom is 0.261 e. The van der Waals surface area contributed by atoms with Crippen LogP contribution in [-0.2, 0) is 61.5 Å². The first-order chi connectivity index (χ1) is 49.4. The highest BCUT2D eigenvalue weighted by Gasteiger charge is 2.40. The van der Waals surface area contributed by atoms with Crippen molar-refractivity contribution in [3.63, 3.8) is 0 Å². The molecular formula is C77H81N19O6. The third-order valence-electron chi connectivity index (χ3n) is 18.2. The molecule has 0 bridgehead atoms. The van der Waals surface area contributed by atoms with E-state index >= 15 is 0 Å². The van der Waals surface area contributed by atoms with Crippen LogP contribution in [0.5, 0.6) is 0 Å². The van der Waals surface area contributed by atoms with Gasteiger partial charge in [0, 0.05) is 58.5 Å². The number of nitrogens with zero attached hydrogens (tertiary/aromatic N) is 15. The average Bonchev–Trinajstić information content (AvgIpc) is 1.60. The van der Waals surface area contributed by atoms with Crippen LogP contribution in [-0.4, -0.2) is 197 Å². The van der Waals surface area contributed by atoms with Crippen LogP contribution in [0.2, 0.25) is 0 Å². The summed E-state index contributed by atoms with van der Waals surface area (Å²) in [5.41, 5.74) is 10.0. The van der Waals surface area contributed by atoms with Crippen molar-refractivity contribution in [3.8, 4) is 0 Å². The van der Waals surface area contributed by atoms with E-state index in [0.29, 0.717) is 66.9 Å². The molecule has 6 aromatic carbocycles. The Morgan fingerprint density at radius 2 is 0.559 bits per heavy atom. The van der Waals surface area contributed by atoms with Gasteiger partial charge in [-0.1, -0.05) is 115 Å². The number of hydrogen-bond donors (Lipinski definition) is 4. The number of aromatic amines is 1. The van der Waals surface area contributed by atoms with Crippen molar-refractivity contribution in [2.45, 2.75) is 58.4 Å². The fourth-order valence-corrected chi connectivity index (χ4v) is 13.5. The smallest absolute Gasteiger partial charge is 0.261 e. The number of nitrogens with one attached hydrogen (secondary N) is 4. The lowest BCUT2D eigenvalue weighted by molar-refractivity contribution is -0.124. The number of carbonyl (C=O) groups is 6. The maximum atomic E-state index is 13.2. The van der Waals surface area contributed by atoms with Crippen molar-refractivity contribution in [1.82, 2.24) is 94.6 Å². The van der Waals surface area contributed by atoms with Crippen LogP contribution >= 0.6 is 0 Å². The van der Waals surface area contributed by atoms with E-state index < -0.39 is 35.4 Å². The summed E-state index contributed by atoms with van der Waals surface area (Å²) >= 11 is 0. The highest BCUT2D eigenvalue weighted by atomic mass is 16.2. The van der Waals surface area contributed by atoms with Gasteiger partial charge in [0.05, 0.1) is 73.1 Å². The summed E-state index contributed by atoms with van der Waals surface area (Å²) in [6.45, 7) is 10.8. The highest BCUT2D eigenvalue weighted by molar-refractivity contribution is 6.52. The normalized spacial score (nSPS) is 14.2. The van der Waals surface area contributed by atoms with Gasteiger partial charge in [0.1, 0.15) is 34.2 Å². The molecule has 520 valence electrons. The van der Waals surface area contributed by atoms with E-state index in [4.69, 9.17) is 25.5 Å². The summed E-state index contributed by atoms with van der Waals surface area (Å²) in [6.07, 6.45) is 5.40. The van der Waals surface area contributed by atoms with Crippen molar-refractivity contribution in [1.29, 1.82) is 0 Å². The molecule has 3 aliphatic heterocycles. The molecule has 4 N–H and O–H groups in total. The second kappa shape index (κ2) is 29.7. The van der Waals surface area contributed by atoms with Gasteiger partial charge in [-0.05, 0) is 145 Å². The molecule has 0 unspecified atom stereocenters. The molecule has 12 aromatic rings. The Morgan fingerprint density at radius 3 is 0.833 bits per heavy atom. The van der Waals surface area contributed by atoms with Crippen LogP contribution < -0.4 is 16.0 Å². The van der Waals surface area contributed by atoms with E-state index in [-0.39, 0.29) is 33.4 Å². The molecule has 0 aliphatic carbocycles. The van der Waals surface area contributed by atoms with Crippen molar-refractivity contribution in [3.05, 3.63) is 192 Å². The molecule has 0 radical (unpaired) electrons. The first-order valence-corrected chi connectivity index (χ1v) is 34.1. The fraction of sp³-hybridized carbons (Fsp3) is 0.273. The summed E-state index contributed by atoms with van der Waals surface area (Å²) in [5.74, 6) is -2.68. The lowest BCUT2D eigenvalue weighted by Crippen LogP contribution is -2.23. The molecule has 25 nitrogen and oxygen atoms in total. The highest BCUT2D eigenvalue weighted by Crippen LogP contribution is 2.40. The van der Waals surface area contributed by atoms with Crippen molar-refractivity contribution >= 4 is 134 Å². The van der Waals surface area contributed by atoms with Gasteiger partial charge in [0.15, 0.2) is 0 Å². The van der Waals surface area contributed by atoms with E-state index in [1.807, 2.05) is 221 Å². The Hall–Kier alpha value is -11.6. The molecular weight excluding hydrogens is 1290 g/mol. The summed E-state index contributed by atoms with van der Waals surface area (Å²) in [5, 5.41) is 43.8. The number of fused-ring (bicyclic) bond motifs is 6. The predicted molar refractivity (Wildman–Crippen MR) is 398 cm³/mol. The van der Waals surface area contributed by atoms with E-state index in [0.717, 1.165) is 117 Å². The van der Waals surface area contributed by atoms with Crippen LogP contribution in [0.4, 0.5) is 0 Å². The number of H-pyrrole nitrogens is 1. The Morgan fingerprint density at radius 1 is 0.324 bits per heavy atom. The van der Waals surface area contributed by atoms with E-state index in [9.17, 15) is 28.8 Å². The maximum absolute atomic E-state index is 13.2. The van der Waals surface area contributed by atoms with Crippen LogP contribution in [0.25, 0.3) is 98.9 Å². The number of rotatable bonds is 24. The number of carbonyl (C=O) groups excluding carboxylic acids is 6. The molecule has 0 spiro atoms. The monoisotopic (exact) mass is 1370 g/mol. The van der Waals surface area contributed by atoms with Gasteiger partial charge in [0.25, 0.3) is 35.4 Å². The summed E-state index contributed by atoms with van der Waals surface area (Å²) < 4.78 is 9.50. The van der Waals surface area contributed by atoms with Crippen LogP contribution in [0.15, 0.2) is 158 Å². The molecule has 25 heteroatoms. The van der Waals surface area contributed by atoms with E-state index in [2.05, 4.69) is 52.3 Å². The molecule has 6 aromatic heterocycles. The molecule has 0 saturated heterocycles. The number of benzene rings is 6. The number of amides is 6. The first kappa shape index (κ1) is 68.9. The van der Waals surface area contributed by atoms with Gasteiger partial charge in [-0.25, -0.2) is 0 Å². The molecule has 9 heterocycles. The summed E-state index contributed by atoms with van der Waals surface area (Å²) in [6, 6.07) is 46.5. The fourth-order valence-electron chi connectivity index (χ4n) is 13.5. The minimum atomic E-state index is -0.458. The Labute approximate surface area is 588 Å². The van der Waals surface area contributed by atoms with Crippen molar-refractivity contribution in [2.75, 3.05) is 82.6 Å². The second-order valence-corrected chi connectivity index (χ2v) is 26.5. The number of allylic oxidation sites excluding steroid dienone is 1. The minimum absolute atomic E-state index is 0.256. The Kier molecular flexibility index (Phi) is 20.0. The Bertz CT molecular complexity index is 5280. The van der Waals surface area contributed by atoms with Gasteiger partial charge < -0.3 is 19.6 Å².